The molecule has 0 bridgehead atoms. The van der Waals surface area contributed by atoms with Crippen molar-refractivity contribution in [2.75, 3.05) is 11.9 Å². The summed E-state index contributed by atoms with van der Waals surface area (Å²) in [6, 6.07) is 0. The first-order valence-electron chi connectivity index (χ1n) is 5.04. The summed E-state index contributed by atoms with van der Waals surface area (Å²) in [6.07, 6.45) is 3.28. The third-order valence-corrected chi connectivity index (χ3v) is 2.22. The topological polar surface area (TPSA) is 72.9 Å². The van der Waals surface area contributed by atoms with Gasteiger partial charge in [-0.3, -0.25) is 4.79 Å². The molecule has 84 valence electrons. The van der Waals surface area contributed by atoms with E-state index in [-0.39, 0.29) is 11.1 Å². The van der Waals surface area contributed by atoms with E-state index < -0.39 is 0 Å². The second-order valence-electron chi connectivity index (χ2n) is 4.08. The normalized spacial score (nSPS) is 11.5. The van der Waals surface area contributed by atoms with Crippen LogP contribution in [0.2, 0.25) is 0 Å². The largest absolute Gasteiger partial charge is 0.359 e. The first-order chi connectivity index (χ1) is 7.00. The molecule has 0 aliphatic carbocycles. The fourth-order valence-corrected chi connectivity index (χ4v) is 1.15. The van der Waals surface area contributed by atoms with Crippen molar-refractivity contribution < 1.29 is 0 Å². The van der Waals surface area contributed by atoms with Gasteiger partial charge in [0.25, 0.3) is 5.56 Å². The lowest BCUT2D eigenvalue weighted by Crippen LogP contribution is -2.41. The van der Waals surface area contributed by atoms with Gasteiger partial charge in [0.15, 0.2) is 5.82 Å². The quantitative estimate of drug-likeness (QED) is 0.755. The van der Waals surface area contributed by atoms with Crippen LogP contribution in [0.3, 0.4) is 0 Å². The fraction of sp³-hybridized carbons (Fsp3) is 0.600. The third-order valence-electron chi connectivity index (χ3n) is 2.22. The molecule has 1 aromatic rings. The van der Waals surface area contributed by atoms with E-state index in [4.69, 9.17) is 5.73 Å². The van der Waals surface area contributed by atoms with Gasteiger partial charge in [0.2, 0.25) is 0 Å². The first-order valence-corrected chi connectivity index (χ1v) is 5.04. The van der Waals surface area contributed by atoms with E-state index in [0.717, 1.165) is 0 Å². The van der Waals surface area contributed by atoms with Crippen molar-refractivity contribution in [1.82, 2.24) is 9.55 Å². The zero-order valence-electron chi connectivity index (χ0n) is 9.45. The molecular weight excluding hydrogens is 192 g/mol. The Hall–Kier alpha value is -1.36. The summed E-state index contributed by atoms with van der Waals surface area (Å²) in [5, 5.41) is 3.04. The zero-order chi connectivity index (χ0) is 11.5. The van der Waals surface area contributed by atoms with Gasteiger partial charge in [-0.1, -0.05) is 0 Å². The number of anilines is 1. The highest BCUT2D eigenvalue weighted by atomic mass is 16.1. The van der Waals surface area contributed by atoms with Crippen LogP contribution in [-0.2, 0) is 6.54 Å². The van der Waals surface area contributed by atoms with Crippen molar-refractivity contribution in [3.63, 3.8) is 0 Å². The first kappa shape index (κ1) is 11.7. The monoisotopic (exact) mass is 210 g/mol. The van der Waals surface area contributed by atoms with Crippen LogP contribution in [0.4, 0.5) is 5.82 Å². The van der Waals surface area contributed by atoms with Crippen LogP contribution >= 0.6 is 0 Å². The van der Waals surface area contributed by atoms with Gasteiger partial charge in [0, 0.05) is 31.0 Å². The van der Waals surface area contributed by atoms with Gasteiger partial charge in [-0.15, -0.1) is 0 Å². The molecule has 0 saturated heterocycles. The van der Waals surface area contributed by atoms with Crippen molar-refractivity contribution in [2.45, 2.75) is 32.9 Å². The molecule has 0 atom stereocenters. The standard InChI is InChI=1S/C10H18N4O/c1-4-14-6-5-12-8(9(14)15)13-10(2,3)7-11/h5-6H,4,7,11H2,1-3H3,(H,12,13). The van der Waals surface area contributed by atoms with Crippen molar-refractivity contribution in [1.29, 1.82) is 0 Å². The number of nitrogens with one attached hydrogen (secondary N) is 1. The molecule has 5 nitrogen and oxygen atoms in total. The summed E-state index contributed by atoms with van der Waals surface area (Å²) in [5.74, 6) is 0.356. The predicted molar refractivity (Wildman–Crippen MR) is 60.9 cm³/mol. The van der Waals surface area contributed by atoms with Crippen LogP contribution < -0.4 is 16.6 Å². The molecule has 5 heteroatoms. The van der Waals surface area contributed by atoms with E-state index in [2.05, 4.69) is 10.3 Å². The minimum atomic E-state index is -0.320. The van der Waals surface area contributed by atoms with E-state index >= 15 is 0 Å². The second kappa shape index (κ2) is 4.44. The lowest BCUT2D eigenvalue weighted by atomic mass is 10.1. The molecule has 15 heavy (non-hydrogen) atoms. The number of aryl methyl sites for hydroxylation is 1. The van der Waals surface area contributed by atoms with Crippen LogP contribution in [0.15, 0.2) is 17.2 Å². The molecule has 1 rings (SSSR count). The smallest absolute Gasteiger partial charge is 0.293 e. The van der Waals surface area contributed by atoms with Gasteiger partial charge in [0.1, 0.15) is 0 Å². The third kappa shape index (κ3) is 2.79. The molecule has 1 aromatic heterocycles. The minimum Gasteiger partial charge on any atom is -0.359 e. The van der Waals surface area contributed by atoms with Gasteiger partial charge >= 0.3 is 0 Å². The summed E-state index contributed by atoms with van der Waals surface area (Å²) in [4.78, 5) is 15.8. The van der Waals surface area contributed by atoms with Gasteiger partial charge in [-0.2, -0.15) is 0 Å². The lowest BCUT2D eigenvalue weighted by molar-refractivity contribution is 0.573. The number of aromatic nitrogens is 2. The lowest BCUT2D eigenvalue weighted by Gasteiger charge is -2.24. The molecule has 0 aliphatic rings. The van der Waals surface area contributed by atoms with Crippen LogP contribution in [-0.4, -0.2) is 21.6 Å². The van der Waals surface area contributed by atoms with Crippen LogP contribution in [0.1, 0.15) is 20.8 Å². The van der Waals surface area contributed by atoms with E-state index in [0.29, 0.717) is 18.9 Å². The van der Waals surface area contributed by atoms with E-state index in [1.165, 1.54) is 0 Å². The van der Waals surface area contributed by atoms with Crippen LogP contribution in [0, 0.1) is 0 Å². The van der Waals surface area contributed by atoms with E-state index in [1.54, 1.807) is 17.0 Å². The average molecular weight is 210 g/mol. The molecule has 0 aliphatic heterocycles. The maximum absolute atomic E-state index is 11.8. The van der Waals surface area contributed by atoms with Crippen LogP contribution in [0.25, 0.3) is 0 Å². The van der Waals surface area contributed by atoms with Gasteiger partial charge in [0.05, 0.1) is 0 Å². The number of rotatable bonds is 4. The Morgan fingerprint density at radius 1 is 1.60 bits per heavy atom. The Bertz CT molecular complexity index is 383. The van der Waals surface area contributed by atoms with Gasteiger partial charge < -0.3 is 15.6 Å². The molecule has 0 unspecified atom stereocenters. The molecule has 0 spiro atoms. The molecule has 0 saturated carbocycles. The number of nitrogens with zero attached hydrogens (tertiary/aromatic N) is 2. The van der Waals surface area contributed by atoms with Crippen molar-refractivity contribution in [2.24, 2.45) is 5.73 Å². The maximum Gasteiger partial charge on any atom is 0.293 e. The maximum atomic E-state index is 11.8. The molecule has 1 heterocycles. The number of hydrogen-bond donors (Lipinski definition) is 2. The van der Waals surface area contributed by atoms with Gasteiger partial charge in [-0.25, -0.2) is 4.98 Å². The average Bonchev–Trinajstić information content (AvgIpc) is 2.21. The summed E-state index contributed by atoms with van der Waals surface area (Å²) in [6.45, 7) is 6.85. The molecular formula is C10H18N4O. The highest BCUT2D eigenvalue weighted by Crippen LogP contribution is 2.06. The minimum absolute atomic E-state index is 0.110. The molecule has 0 amide bonds. The number of nitrogens with two attached hydrogens (primary N) is 1. The zero-order valence-corrected chi connectivity index (χ0v) is 9.45. The summed E-state index contributed by atoms with van der Waals surface area (Å²) in [5.41, 5.74) is 5.15. The SMILES string of the molecule is CCn1ccnc(NC(C)(C)CN)c1=O. The summed E-state index contributed by atoms with van der Waals surface area (Å²) >= 11 is 0. The van der Waals surface area contributed by atoms with Crippen molar-refractivity contribution in [3.8, 4) is 0 Å². The predicted octanol–water partition coefficient (Wildman–Crippen LogP) is 0.412. The summed E-state index contributed by atoms with van der Waals surface area (Å²) < 4.78 is 1.60. The Balaban J connectivity index is 3.01. The summed E-state index contributed by atoms with van der Waals surface area (Å²) in [7, 11) is 0. The molecule has 0 fully saturated rings. The second-order valence-corrected chi connectivity index (χ2v) is 4.08. The van der Waals surface area contributed by atoms with E-state index in [9.17, 15) is 4.79 Å². The highest BCUT2D eigenvalue weighted by Gasteiger charge is 2.17. The highest BCUT2D eigenvalue weighted by molar-refractivity contribution is 5.34. The van der Waals surface area contributed by atoms with Crippen molar-refractivity contribution >= 4 is 5.82 Å². The fourth-order valence-electron chi connectivity index (χ4n) is 1.15. The number of hydrogen-bond acceptors (Lipinski definition) is 4. The van der Waals surface area contributed by atoms with Gasteiger partial charge in [-0.05, 0) is 20.8 Å². The Kier molecular flexibility index (Phi) is 3.47. The molecule has 0 aromatic carbocycles. The van der Waals surface area contributed by atoms with Crippen molar-refractivity contribution in [3.05, 3.63) is 22.7 Å². The van der Waals surface area contributed by atoms with Crippen LogP contribution in [0.5, 0.6) is 0 Å². The Morgan fingerprint density at radius 2 is 2.27 bits per heavy atom. The Labute approximate surface area is 89.3 Å². The van der Waals surface area contributed by atoms with E-state index in [1.807, 2.05) is 20.8 Å². The Morgan fingerprint density at radius 3 is 2.80 bits per heavy atom. The molecule has 0 radical (unpaired) electrons. The molecule has 3 N–H and O–H groups in total.